The number of benzene rings is 2. The summed E-state index contributed by atoms with van der Waals surface area (Å²) in [5.74, 6) is 0.752. The number of ether oxygens (including phenoxy) is 1. The maximum Gasteiger partial charge on any atom is 0.128 e. The summed E-state index contributed by atoms with van der Waals surface area (Å²) < 4.78 is 5.34. The Labute approximate surface area is 106 Å². The van der Waals surface area contributed by atoms with Crippen LogP contribution >= 0.6 is 11.6 Å². The second-order valence-electron chi connectivity index (χ2n) is 3.95. The van der Waals surface area contributed by atoms with Crippen LogP contribution in [0.4, 0.5) is 5.69 Å². The van der Waals surface area contributed by atoms with E-state index in [-0.39, 0.29) is 0 Å². The molecule has 2 N–H and O–H groups in total. The summed E-state index contributed by atoms with van der Waals surface area (Å²) in [5.41, 5.74) is 9.54. The van der Waals surface area contributed by atoms with Crippen molar-refractivity contribution in [3.63, 3.8) is 0 Å². The quantitative estimate of drug-likeness (QED) is 0.817. The fourth-order valence-electron chi connectivity index (χ4n) is 1.91. The molecule has 0 aliphatic heterocycles. The first-order valence-corrected chi connectivity index (χ1v) is 5.69. The van der Waals surface area contributed by atoms with Gasteiger partial charge in [-0.25, -0.2) is 0 Å². The van der Waals surface area contributed by atoms with Crippen LogP contribution in [0.15, 0.2) is 36.4 Å². The predicted octanol–water partition coefficient (Wildman–Crippen LogP) is 3.91. The van der Waals surface area contributed by atoms with Crippen LogP contribution in [0, 0.1) is 6.92 Å². The summed E-state index contributed by atoms with van der Waals surface area (Å²) >= 11 is 6.23. The highest BCUT2D eigenvalue weighted by atomic mass is 35.5. The van der Waals surface area contributed by atoms with Crippen LogP contribution < -0.4 is 10.5 Å². The van der Waals surface area contributed by atoms with Gasteiger partial charge in [0.25, 0.3) is 0 Å². The number of nitrogen functional groups attached to an aromatic ring is 1. The molecule has 2 aromatic carbocycles. The third-order valence-electron chi connectivity index (χ3n) is 2.58. The summed E-state index contributed by atoms with van der Waals surface area (Å²) in [5, 5.41) is 0.661. The van der Waals surface area contributed by atoms with E-state index in [9.17, 15) is 0 Å². The highest BCUT2D eigenvalue weighted by Gasteiger charge is 2.10. The first-order valence-electron chi connectivity index (χ1n) is 5.32. The van der Waals surface area contributed by atoms with Gasteiger partial charge in [-0.1, -0.05) is 23.7 Å². The normalized spacial score (nSPS) is 10.3. The Morgan fingerprint density at radius 2 is 1.94 bits per heavy atom. The van der Waals surface area contributed by atoms with Gasteiger partial charge in [0.2, 0.25) is 0 Å². The minimum Gasteiger partial charge on any atom is -0.496 e. The van der Waals surface area contributed by atoms with Gasteiger partial charge in [0.15, 0.2) is 0 Å². The lowest BCUT2D eigenvalue weighted by Gasteiger charge is -2.11. The van der Waals surface area contributed by atoms with E-state index >= 15 is 0 Å². The predicted molar refractivity (Wildman–Crippen MR) is 72.6 cm³/mol. The number of halogens is 1. The molecule has 0 spiro atoms. The smallest absolute Gasteiger partial charge is 0.128 e. The molecule has 0 saturated heterocycles. The lowest BCUT2D eigenvalue weighted by Crippen LogP contribution is -1.92. The van der Waals surface area contributed by atoms with E-state index in [2.05, 4.69) is 0 Å². The van der Waals surface area contributed by atoms with Crippen molar-refractivity contribution < 1.29 is 4.74 Å². The Morgan fingerprint density at radius 3 is 2.59 bits per heavy atom. The molecule has 0 fully saturated rings. The van der Waals surface area contributed by atoms with Gasteiger partial charge in [0, 0.05) is 11.3 Å². The van der Waals surface area contributed by atoms with Gasteiger partial charge < -0.3 is 10.5 Å². The van der Waals surface area contributed by atoms with Crippen molar-refractivity contribution in [1.82, 2.24) is 0 Å². The summed E-state index contributed by atoms with van der Waals surface area (Å²) in [4.78, 5) is 0. The molecule has 2 aromatic rings. The van der Waals surface area contributed by atoms with Gasteiger partial charge in [-0.3, -0.25) is 0 Å². The zero-order valence-electron chi connectivity index (χ0n) is 9.83. The van der Waals surface area contributed by atoms with Crippen molar-refractivity contribution in [2.75, 3.05) is 12.8 Å². The van der Waals surface area contributed by atoms with Crippen LogP contribution in [0.5, 0.6) is 5.75 Å². The van der Waals surface area contributed by atoms with Crippen LogP contribution in [0.2, 0.25) is 5.02 Å². The molecule has 0 radical (unpaired) electrons. The zero-order valence-corrected chi connectivity index (χ0v) is 10.6. The molecular weight excluding hydrogens is 234 g/mol. The van der Waals surface area contributed by atoms with Gasteiger partial charge in [-0.2, -0.15) is 0 Å². The Balaban J connectivity index is 2.67. The monoisotopic (exact) mass is 247 g/mol. The lowest BCUT2D eigenvalue weighted by atomic mass is 10.0. The molecule has 3 heteroatoms. The second-order valence-corrected chi connectivity index (χ2v) is 4.36. The highest BCUT2D eigenvalue weighted by Crippen LogP contribution is 2.37. The summed E-state index contributed by atoms with van der Waals surface area (Å²) in [7, 11) is 1.63. The van der Waals surface area contributed by atoms with E-state index in [1.54, 1.807) is 7.11 Å². The molecule has 0 aliphatic carbocycles. The van der Waals surface area contributed by atoms with Crippen molar-refractivity contribution in [3.8, 4) is 16.9 Å². The first kappa shape index (κ1) is 11.8. The molecule has 0 aromatic heterocycles. The van der Waals surface area contributed by atoms with Crippen LogP contribution in [-0.2, 0) is 0 Å². The molecule has 0 bridgehead atoms. The van der Waals surface area contributed by atoms with Crippen LogP contribution in [0.1, 0.15) is 5.56 Å². The van der Waals surface area contributed by atoms with Crippen molar-refractivity contribution >= 4 is 17.3 Å². The molecule has 0 heterocycles. The Kier molecular flexibility index (Phi) is 3.25. The molecule has 0 unspecified atom stereocenters. The summed E-state index contributed by atoms with van der Waals surface area (Å²) in [6.45, 7) is 2.00. The van der Waals surface area contributed by atoms with E-state index in [0.717, 1.165) is 28.1 Å². The average molecular weight is 248 g/mol. The largest absolute Gasteiger partial charge is 0.496 e. The molecule has 2 rings (SSSR count). The van der Waals surface area contributed by atoms with Gasteiger partial charge >= 0.3 is 0 Å². The number of nitrogens with two attached hydrogens (primary N) is 1. The number of aryl methyl sites for hydroxylation is 1. The minimum atomic E-state index is 0.661. The molecule has 88 valence electrons. The Hall–Kier alpha value is -1.67. The Bertz CT molecular complexity index is 532. The summed E-state index contributed by atoms with van der Waals surface area (Å²) in [6.07, 6.45) is 0. The minimum absolute atomic E-state index is 0.661. The van der Waals surface area contributed by atoms with Gasteiger partial charge in [-0.15, -0.1) is 0 Å². The fourth-order valence-corrected chi connectivity index (χ4v) is 2.19. The van der Waals surface area contributed by atoms with Gasteiger partial charge in [0.1, 0.15) is 5.75 Å². The molecule has 17 heavy (non-hydrogen) atoms. The zero-order chi connectivity index (χ0) is 12.4. The Morgan fingerprint density at radius 1 is 1.18 bits per heavy atom. The number of hydrogen-bond acceptors (Lipinski definition) is 2. The maximum atomic E-state index is 6.23. The number of rotatable bonds is 2. The van der Waals surface area contributed by atoms with Crippen LogP contribution in [0.3, 0.4) is 0 Å². The van der Waals surface area contributed by atoms with Crippen LogP contribution in [-0.4, -0.2) is 7.11 Å². The highest BCUT2D eigenvalue weighted by molar-refractivity contribution is 6.33. The molecule has 0 saturated carbocycles. The van der Waals surface area contributed by atoms with E-state index in [1.165, 1.54) is 0 Å². The van der Waals surface area contributed by atoms with Gasteiger partial charge in [-0.05, 0) is 42.3 Å². The third kappa shape index (κ3) is 2.37. The molecule has 0 atom stereocenters. The molecule has 0 aliphatic rings. The average Bonchev–Trinajstić information content (AvgIpc) is 2.27. The first-order chi connectivity index (χ1) is 8.11. The van der Waals surface area contributed by atoms with E-state index in [0.29, 0.717) is 5.02 Å². The van der Waals surface area contributed by atoms with Crippen molar-refractivity contribution in [2.45, 2.75) is 6.92 Å². The van der Waals surface area contributed by atoms with Crippen LogP contribution in [0.25, 0.3) is 11.1 Å². The SMILES string of the molecule is COc1cccc(Cl)c1-c1cc(C)cc(N)c1. The fraction of sp³-hybridized carbons (Fsp3) is 0.143. The number of anilines is 1. The topological polar surface area (TPSA) is 35.2 Å². The maximum absolute atomic E-state index is 6.23. The van der Waals surface area contributed by atoms with Gasteiger partial charge in [0.05, 0.1) is 12.1 Å². The van der Waals surface area contributed by atoms with Crippen molar-refractivity contribution in [1.29, 1.82) is 0 Å². The number of hydrogen-bond donors (Lipinski definition) is 1. The van der Waals surface area contributed by atoms with Crippen molar-refractivity contribution in [3.05, 3.63) is 47.0 Å². The molecule has 2 nitrogen and oxygen atoms in total. The van der Waals surface area contributed by atoms with E-state index in [4.69, 9.17) is 22.1 Å². The van der Waals surface area contributed by atoms with E-state index in [1.807, 2.05) is 43.3 Å². The third-order valence-corrected chi connectivity index (χ3v) is 2.90. The lowest BCUT2D eigenvalue weighted by molar-refractivity contribution is 0.416. The molecular formula is C14H14ClNO. The molecule has 0 amide bonds. The second kappa shape index (κ2) is 4.68. The summed E-state index contributed by atoms with van der Waals surface area (Å²) in [6, 6.07) is 11.5. The standard InChI is InChI=1S/C14H14ClNO/c1-9-6-10(8-11(16)7-9)14-12(15)4-3-5-13(14)17-2/h3-8H,16H2,1-2H3. The number of methoxy groups -OCH3 is 1. The van der Waals surface area contributed by atoms with E-state index < -0.39 is 0 Å². The van der Waals surface area contributed by atoms with Crippen molar-refractivity contribution in [2.24, 2.45) is 0 Å².